The molecule has 1 aromatic carbocycles. The van der Waals surface area contributed by atoms with E-state index in [2.05, 4.69) is 0 Å². The zero-order valence-electron chi connectivity index (χ0n) is 10.6. The molecule has 1 aliphatic rings. The van der Waals surface area contributed by atoms with Crippen molar-refractivity contribution in [3.05, 3.63) is 23.8 Å². The van der Waals surface area contributed by atoms with Crippen LogP contribution in [0.5, 0.6) is 11.5 Å². The van der Waals surface area contributed by atoms with E-state index >= 15 is 0 Å². The van der Waals surface area contributed by atoms with Crippen LogP contribution in [-0.4, -0.2) is 32.7 Å². The molecular formula is C14H18O4. The maximum atomic E-state index is 10.7. The molecule has 1 heterocycles. The summed E-state index contributed by atoms with van der Waals surface area (Å²) in [5.74, 6) is 1.23. The summed E-state index contributed by atoms with van der Waals surface area (Å²) < 4.78 is 16.5. The smallest absolute Gasteiger partial charge is 0.161 e. The Balaban J connectivity index is 1.97. The number of methoxy groups -OCH3 is 1. The first kappa shape index (κ1) is 12.9. The number of carbonyl (C=O) groups excluding carboxylic acids is 1. The maximum absolute atomic E-state index is 10.7. The van der Waals surface area contributed by atoms with Crippen molar-refractivity contribution in [3.63, 3.8) is 0 Å². The third-order valence-electron chi connectivity index (χ3n) is 3.02. The van der Waals surface area contributed by atoms with Gasteiger partial charge in [-0.25, -0.2) is 0 Å². The van der Waals surface area contributed by atoms with E-state index < -0.39 is 0 Å². The molecule has 18 heavy (non-hydrogen) atoms. The van der Waals surface area contributed by atoms with Crippen LogP contribution in [-0.2, 0) is 4.74 Å². The normalized spacial score (nSPS) is 19.3. The van der Waals surface area contributed by atoms with Gasteiger partial charge in [-0.3, -0.25) is 4.79 Å². The topological polar surface area (TPSA) is 44.8 Å². The Kier molecular flexibility index (Phi) is 4.59. The van der Waals surface area contributed by atoms with Crippen LogP contribution in [0, 0.1) is 0 Å². The fourth-order valence-corrected chi connectivity index (χ4v) is 2.00. The maximum Gasteiger partial charge on any atom is 0.161 e. The Morgan fingerprint density at radius 3 is 2.94 bits per heavy atom. The van der Waals surface area contributed by atoms with Crippen molar-refractivity contribution in [3.8, 4) is 11.5 Å². The van der Waals surface area contributed by atoms with Crippen molar-refractivity contribution in [1.82, 2.24) is 0 Å². The van der Waals surface area contributed by atoms with E-state index in [9.17, 15) is 4.79 Å². The van der Waals surface area contributed by atoms with E-state index in [0.29, 0.717) is 23.7 Å². The van der Waals surface area contributed by atoms with E-state index in [1.165, 1.54) is 6.42 Å². The summed E-state index contributed by atoms with van der Waals surface area (Å²) >= 11 is 0. The van der Waals surface area contributed by atoms with E-state index in [1.54, 1.807) is 25.3 Å². The van der Waals surface area contributed by atoms with Gasteiger partial charge in [0.25, 0.3) is 0 Å². The number of hydrogen-bond acceptors (Lipinski definition) is 4. The first-order valence-corrected chi connectivity index (χ1v) is 6.21. The van der Waals surface area contributed by atoms with Crippen LogP contribution < -0.4 is 9.47 Å². The highest BCUT2D eigenvalue weighted by Crippen LogP contribution is 2.28. The second-order valence-corrected chi connectivity index (χ2v) is 4.33. The van der Waals surface area contributed by atoms with Gasteiger partial charge in [-0.1, -0.05) is 0 Å². The number of benzene rings is 1. The third-order valence-corrected chi connectivity index (χ3v) is 3.02. The standard InChI is InChI=1S/C14H18O4/c1-16-14-8-11(9-15)5-6-13(14)18-10-12-4-2-3-7-17-12/h5-6,8-9,12H,2-4,7,10H2,1H3/t12-/m1/s1. The molecule has 0 N–H and O–H groups in total. The molecule has 1 atom stereocenters. The minimum absolute atomic E-state index is 0.161. The molecule has 1 saturated heterocycles. The van der Waals surface area contributed by atoms with Gasteiger partial charge in [-0.2, -0.15) is 0 Å². The Morgan fingerprint density at radius 1 is 1.39 bits per heavy atom. The summed E-state index contributed by atoms with van der Waals surface area (Å²) in [5.41, 5.74) is 0.577. The molecule has 0 amide bonds. The van der Waals surface area contributed by atoms with Crippen molar-refractivity contribution < 1.29 is 19.0 Å². The minimum atomic E-state index is 0.161. The number of hydrogen-bond donors (Lipinski definition) is 0. The molecule has 0 unspecified atom stereocenters. The Labute approximate surface area is 107 Å². The van der Waals surface area contributed by atoms with Gasteiger partial charge in [-0.15, -0.1) is 0 Å². The first-order valence-electron chi connectivity index (χ1n) is 6.21. The molecule has 0 saturated carbocycles. The summed E-state index contributed by atoms with van der Waals surface area (Å²) in [5, 5.41) is 0. The van der Waals surface area contributed by atoms with Crippen LogP contribution >= 0.6 is 0 Å². The fourth-order valence-electron chi connectivity index (χ4n) is 2.00. The summed E-state index contributed by atoms with van der Waals surface area (Å²) in [6.45, 7) is 1.34. The van der Waals surface area contributed by atoms with Gasteiger partial charge in [0.2, 0.25) is 0 Å². The summed E-state index contributed by atoms with van der Waals surface area (Å²) in [7, 11) is 1.56. The molecule has 1 aromatic rings. The van der Waals surface area contributed by atoms with Crippen molar-refractivity contribution in [2.75, 3.05) is 20.3 Å². The molecule has 0 aromatic heterocycles. The van der Waals surface area contributed by atoms with Crippen molar-refractivity contribution in [2.45, 2.75) is 25.4 Å². The van der Waals surface area contributed by atoms with Crippen molar-refractivity contribution in [2.24, 2.45) is 0 Å². The lowest BCUT2D eigenvalue weighted by atomic mass is 10.1. The van der Waals surface area contributed by atoms with Crippen LogP contribution in [0.4, 0.5) is 0 Å². The number of aldehydes is 1. The number of carbonyl (C=O) groups is 1. The first-order chi connectivity index (χ1) is 8.83. The molecule has 0 radical (unpaired) electrons. The fraction of sp³-hybridized carbons (Fsp3) is 0.500. The van der Waals surface area contributed by atoms with Crippen LogP contribution in [0.2, 0.25) is 0 Å². The second-order valence-electron chi connectivity index (χ2n) is 4.33. The molecule has 4 heteroatoms. The largest absolute Gasteiger partial charge is 0.493 e. The monoisotopic (exact) mass is 250 g/mol. The van der Waals surface area contributed by atoms with Crippen LogP contribution in [0.15, 0.2) is 18.2 Å². The zero-order valence-corrected chi connectivity index (χ0v) is 10.6. The van der Waals surface area contributed by atoms with Gasteiger partial charge in [0.15, 0.2) is 11.5 Å². The molecule has 4 nitrogen and oxygen atoms in total. The van der Waals surface area contributed by atoms with Crippen LogP contribution in [0.3, 0.4) is 0 Å². The van der Waals surface area contributed by atoms with Gasteiger partial charge in [0, 0.05) is 12.2 Å². The summed E-state index contributed by atoms with van der Waals surface area (Å²) in [6.07, 6.45) is 4.31. The lowest BCUT2D eigenvalue weighted by Crippen LogP contribution is -2.25. The average Bonchev–Trinajstić information content (AvgIpc) is 2.46. The molecule has 2 rings (SSSR count). The van der Waals surface area contributed by atoms with E-state index in [4.69, 9.17) is 14.2 Å². The van der Waals surface area contributed by atoms with Gasteiger partial charge in [0.05, 0.1) is 13.2 Å². The molecule has 0 bridgehead atoms. The van der Waals surface area contributed by atoms with Crippen molar-refractivity contribution >= 4 is 6.29 Å². The Morgan fingerprint density at radius 2 is 2.28 bits per heavy atom. The van der Waals surface area contributed by atoms with Gasteiger partial charge in [0.1, 0.15) is 12.9 Å². The molecule has 0 spiro atoms. The van der Waals surface area contributed by atoms with Gasteiger partial charge in [-0.05, 0) is 37.5 Å². The highest BCUT2D eigenvalue weighted by atomic mass is 16.5. The van der Waals surface area contributed by atoms with Crippen LogP contribution in [0.25, 0.3) is 0 Å². The summed E-state index contributed by atoms with van der Waals surface area (Å²) in [6, 6.07) is 5.14. The molecule has 1 aliphatic heterocycles. The minimum Gasteiger partial charge on any atom is -0.493 e. The third kappa shape index (κ3) is 3.23. The zero-order chi connectivity index (χ0) is 12.8. The average molecular weight is 250 g/mol. The highest BCUT2D eigenvalue weighted by molar-refractivity contribution is 5.76. The van der Waals surface area contributed by atoms with E-state index in [0.717, 1.165) is 25.7 Å². The Bertz CT molecular complexity index is 397. The van der Waals surface area contributed by atoms with Crippen LogP contribution in [0.1, 0.15) is 29.6 Å². The van der Waals surface area contributed by atoms with E-state index in [1.807, 2.05) is 0 Å². The molecule has 1 fully saturated rings. The lowest BCUT2D eigenvalue weighted by molar-refractivity contribution is -0.0114. The number of ether oxygens (including phenoxy) is 3. The van der Waals surface area contributed by atoms with E-state index in [-0.39, 0.29) is 6.10 Å². The summed E-state index contributed by atoms with van der Waals surface area (Å²) in [4.78, 5) is 10.7. The van der Waals surface area contributed by atoms with Gasteiger partial charge >= 0.3 is 0 Å². The van der Waals surface area contributed by atoms with Gasteiger partial charge < -0.3 is 14.2 Å². The second kappa shape index (κ2) is 6.40. The SMILES string of the molecule is COc1cc(C=O)ccc1OC[C@H]1CCCCO1. The lowest BCUT2D eigenvalue weighted by Gasteiger charge is -2.23. The number of rotatable bonds is 5. The predicted octanol–water partition coefficient (Wildman–Crippen LogP) is 2.46. The molecule has 0 aliphatic carbocycles. The quantitative estimate of drug-likeness (QED) is 0.753. The molecule has 98 valence electrons. The van der Waals surface area contributed by atoms with Crippen molar-refractivity contribution in [1.29, 1.82) is 0 Å². The predicted molar refractivity (Wildman–Crippen MR) is 67.5 cm³/mol. The highest BCUT2D eigenvalue weighted by Gasteiger charge is 2.15. The molecular weight excluding hydrogens is 232 g/mol. The Hall–Kier alpha value is -1.55.